The van der Waals surface area contributed by atoms with Crippen LogP contribution in [0.15, 0.2) is 51.7 Å². The minimum Gasteiger partial charge on any atom is -0.348 e. The number of carbonyl (C=O) groups excluding carboxylic acids is 1. The van der Waals surface area contributed by atoms with Crippen molar-refractivity contribution in [3.63, 3.8) is 0 Å². The number of carbonyl (C=O) groups is 1. The number of piperidine rings is 1. The SMILES string of the molecule is O=C(N[C@@H](NC(=S)N1C[C@@H]2C[C@H](C1)c1cccc(=O)n1C2)C(Cl)(Cl)Cl)c1ccc(Br)cc1. The van der Waals surface area contributed by atoms with Gasteiger partial charge in [-0.1, -0.05) is 56.8 Å². The van der Waals surface area contributed by atoms with Crippen molar-refractivity contribution in [2.45, 2.75) is 28.8 Å². The van der Waals surface area contributed by atoms with Crippen LogP contribution in [0.4, 0.5) is 0 Å². The van der Waals surface area contributed by atoms with E-state index < -0.39 is 15.9 Å². The number of aromatic nitrogens is 1. The van der Waals surface area contributed by atoms with E-state index in [0.717, 1.165) is 16.6 Å². The summed E-state index contributed by atoms with van der Waals surface area (Å²) >= 11 is 27.4. The largest absolute Gasteiger partial charge is 0.348 e. The molecule has 2 bridgehead atoms. The van der Waals surface area contributed by atoms with E-state index in [0.29, 0.717) is 30.3 Å². The first-order valence-electron chi connectivity index (χ1n) is 10.00. The predicted molar refractivity (Wildman–Crippen MR) is 135 cm³/mol. The van der Waals surface area contributed by atoms with Gasteiger partial charge < -0.3 is 20.1 Å². The number of alkyl halides is 3. The fourth-order valence-electron chi connectivity index (χ4n) is 4.29. The third kappa shape index (κ3) is 5.25. The van der Waals surface area contributed by atoms with Gasteiger partial charge in [0.05, 0.1) is 0 Å². The van der Waals surface area contributed by atoms with Gasteiger partial charge in [-0.3, -0.25) is 9.59 Å². The molecule has 3 atom stereocenters. The number of hydrogen-bond acceptors (Lipinski definition) is 3. The van der Waals surface area contributed by atoms with Crippen molar-refractivity contribution in [3.05, 3.63) is 68.5 Å². The van der Waals surface area contributed by atoms with Crippen LogP contribution in [0, 0.1) is 5.92 Å². The van der Waals surface area contributed by atoms with E-state index >= 15 is 0 Å². The van der Waals surface area contributed by atoms with Crippen molar-refractivity contribution in [1.29, 1.82) is 0 Å². The molecule has 4 rings (SSSR count). The molecular formula is C21H20BrCl3N4O2S. The van der Waals surface area contributed by atoms with Crippen molar-refractivity contribution < 1.29 is 4.79 Å². The van der Waals surface area contributed by atoms with Crippen LogP contribution in [0.3, 0.4) is 0 Å². The summed E-state index contributed by atoms with van der Waals surface area (Å²) in [6.45, 7) is 1.97. The lowest BCUT2D eigenvalue weighted by atomic mass is 9.83. The molecule has 1 amide bonds. The number of benzene rings is 1. The van der Waals surface area contributed by atoms with Gasteiger partial charge in [0, 0.05) is 47.3 Å². The van der Waals surface area contributed by atoms with Crippen LogP contribution in [0.25, 0.3) is 0 Å². The molecule has 3 heterocycles. The number of thiocarbonyl (C=S) groups is 1. The first-order chi connectivity index (χ1) is 15.1. The standard InChI is InChI=1S/C21H20BrCl3N4O2S/c22-15-6-4-13(5-7-15)18(31)26-19(21(23,24)25)27-20(32)28-9-12-8-14(11-28)16-2-1-3-17(30)29(16)10-12/h1-7,12,14,19H,8-11H2,(H,26,31)(H,27,32)/t12-,14+,19-/m0/s1. The minimum absolute atomic E-state index is 0.0262. The minimum atomic E-state index is -1.83. The second kappa shape index (κ2) is 9.50. The van der Waals surface area contributed by atoms with E-state index in [9.17, 15) is 9.59 Å². The Morgan fingerprint density at radius 2 is 1.81 bits per heavy atom. The second-order valence-corrected chi connectivity index (χ2v) is 11.7. The summed E-state index contributed by atoms with van der Waals surface area (Å²) in [4.78, 5) is 26.9. The third-order valence-corrected chi connectivity index (χ3v) is 7.30. The number of rotatable bonds is 3. The molecular weight excluding hydrogens is 559 g/mol. The highest BCUT2D eigenvalue weighted by Crippen LogP contribution is 2.35. The number of amides is 1. The van der Waals surface area contributed by atoms with Crippen LogP contribution in [-0.2, 0) is 6.54 Å². The van der Waals surface area contributed by atoms with E-state index in [1.165, 1.54) is 0 Å². The van der Waals surface area contributed by atoms with Crippen LogP contribution in [0.5, 0.6) is 0 Å². The van der Waals surface area contributed by atoms with Gasteiger partial charge in [0.2, 0.25) is 3.79 Å². The normalized spacial score (nSPS) is 20.8. The van der Waals surface area contributed by atoms with E-state index in [1.807, 2.05) is 15.5 Å². The van der Waals surface area contributed by atoms with Gasteiger partial charge in [0.1, 0.15) is 6.17 Å². The number of fused-ring (bicyclic) bond motifs is 4. The van der Waals surface area contributed by atoms with Gasteiger partial charge in [-0.15, -0.1) is 0 Å². The molecule has 0 radical (unpaired) electrons. The molecule has 0 saturated carbocycles. The second-order valence-electron chi connectivity index (χ2n) is 8.01. The molecule has 2 aliphatic rings. The van der Waals surface area contributed by atoms with Crippen LogP contribution >= 0.6 is 63.0 Å². The maximum Gasteiger partial charge on any atom is 0.252 e. The summed E-state index contributed by atoms with van der Waals surface area (Å²) in [7, 11) is 0. The summed E-state index contributed by atoms with van der Waals surface area (Å²) < 4.78 is 0.876. The molecule has 2 N–H and O–H groups in total. The Morgan fingerprint density at radius 1 is 1.09 bits per heavy atom. The summed E-state index contributed by atoms with van der Waals surface area (Å²) in [6.07, 6.45) is -0.0376. The summed E-state index contributed by atoms with van der Waals surface area (Å²) in [5, 5.41) is 6.12. The smallest absolute Gasteiger partial charge is 0.252 e. The average Bonchev–Trinajstić information content (AvgIpc) is 2.73. The van der Waals surface area contributed by atoms with Crippen molar-refractivity contribution in [3.8, 4) is 0 Å². The van der Waals surface area contributed by atoms with Gasteiger partial charge in [-0.25, -0.2) is 0 Å². The monoisotopic (exact) mass is 576 g/mol. The lowest BCUT2D eigenvalue weighted by Gasteiger charge is -2.44. The summed E-state index contributed by atoms with van der Waals surface area (Å²) in [6, 6.07) is 12.2. The zero-order valence-corrected chi connectivity index (χ0v) is 21.4. The number of pyridine rings is 1. The predicted octanol–water partition coefficient (Wildman–Crippen LogP) is 4.03. The first-order valence-corrected chi connectivity index (χ1v) is 12.3. The fourth-order valence-corrected chi connectivity index (χ4v) is 5.15. The van der Waals surface area contributed by atoms with Gasteiger partial charge in [0.15, 0.2) is 5.11 Å². The van der Waals surface area contributed by atoms with E-state index in [1.54, 1.807) is 36.4 Å². The van der Waals surface area contributed by atoms with Crippen molar-refractivity contribution >= 4 is 74.0 Å². The number of nitrogens with one attached hydrogen (secondary N) is 2. The molecule has 32 heavy (non-hydrogen) atoms. The fraction of sp³-hybridized carbons (Fsp3) is 0.381. The molecule has 1 saturated heterocycles. The lowest BCUT2D eigenvalue weighted by molar-refractivity contribution is 0.0932. The Hall–Kier alpha value is -1.32. The Bertz CT molecular complexity index is 1090. The molecule has 170 valence electrons. The van der Waals surface area contributed by atoms with Crippen LogP contribution in [0.2, 0.25) is 0 Å². The molecule has 2 aromatic rings. The van der Waals surface area contributed by atoms with E-state index in [-0.39, 0.29) is 17.4 Å². The third-order valence-electron chi connectivity index (χ3n) is 5.74. The molecule has 0 aliphatic carbocycles. The number of halogens is 4. The average molecular weight is 579 g/mol. The topological polar surface area (TPSA) is 66.4 Å². The van der Waals surface area contributed by atoms with Crippen LogP contribution < -0.4 is 16.2 Å². The zero-order valence-electron chi connectivity index (χ0n) is 16.7. The highest BCUT2D eigenvalue weighted by Gasteiger charge is 2.39. The van der Waals surface area contributed by atoms with Crippen molar-refractivity contribution in [2.75, 3.05) is 13.1 Å². The number of hydrogen-bond donors (Lipinski definition) is 2. The molecule has 11 heteroatoms. The zero-order chi connectivity index (χ0) is 23.0. The molecule has 0 unspecified atom stereocenters. The molecule has 6 nitrogen and oxygen atoms in total. The van der Waals surface area contributed by atoms with Crippen LogP contribution in [-0.4, -0.2) is 43.5 Å². The van der Waals surface area contributed by atoms with E-state index in [2.05, 4.69) is 26.6 Å². The van der Waals surface area contributed by atoms with Crippen molar-refractivity contribution in [1.82, 2.24) is 20.1 Å². The van der Waals surface area contributed by atoms with E-state index in [4.69, 9.17) is 47.0 Å². The van der Waals surface area contributed by atoms with Crippen molar-refractivity contribution in [2.24, 2.45) is 5.92 Å². The number of nitrogens with zero attached hydrogens (tertiary/aromatic N) is 2. The van der Waals surface area contributed by atoms with Gasteiger partial charge in [-0.2, -0.15) is 0 Å². The van der Waals surface area contributed by atoms with Gasteiger partial charge >= 0.3 is 0 Å². The van der Waals surface area contributed by atoms with Gasteiger partial charge in [0.25, 0.3) is 11.5 Å². The van der Waals surface area contributed by atoms with Gasteiger partial charge in [-0.05, 0) is 54.9 Å². The molecule has 2 aliphatic heterocycles. The molecule has 1 aromatic carbocycles. The lowest BCUT2D eigenvalue weighted by Crippen LogP contribution is -2.60. The highest BCUT2D eigenvalue weighted by molar-refractivity contribution is 9.10. The quantitative estimate of drug-likeness (QED) is 0.327. The summed E-state index contributed by atoms with van der Waals surface area (Å²) in [5.74, 6) is 0.0670. The van der Waals surface area contributed by atoms with Crippen LogP contribution in [0.1, 0.15) is 28.4 Å². The Balaban J connectivity index is 1.47. The maximum atomic E-state index is 12.7. The molecule has 0 spiro atoms. The molecule has 1 aromatic heterocycles. The Kier molecular flexibility index (Phi) is 7.08. The highest BCUT2D eigenvalue weighted by atomic mass is 79.9. The summed E-state index contributed by atoms with van der Waals surface area (Å²) in [5.41, 5.74) is 1.47. The number of likely N-dealkylation sites (tertiary alicyclic amines) is 1. The Morgan fingerprint density at radius 3 is 2.50 bits per heavy atom. The molecule has 1 fully saturated rings. The first kappa shape index (κ1) is 23.8. The maximum absolute atomic E-state index is 12.7. The Labute approximate surface area is 214 Å².